The maximum atomic E-state index is 14.5. The highest BCUT2D eigenvalue weighted by Gasteiger charge is 2.18. The van der Waals surface area contributed by atoms with E-state index in [9.17, 15) is 26.6 Å². The van der Waals surface area contributed by atoms with Crippen LogP contribution >= 0.6 is 7.60 Å². The van der Waals surface area contributed by atoms with Gasteiger partial charge in [-0.15, -0.1) is 0 Å². The maximum absolute atomic E-state index is 14.5. The summed E-state index contributed by atoms with van der Waals surface area (Å²) in [5, 5.41) is 0. The number of ether oxygens (including phenoxy) is 1. The number of hydrogen-bond acceptors (Lipinski definition) is 5. The second-order valence-corrected chi connectivity index (χ2v) is 11.4. The first-order valence-corrected chi connectivity index (χ1v) is 13.5. The summed E-state index contributed by atoms with van der Waals surface area (Å²) in [5.74, 6) is -4.46. The first-order chi connectivity index (χ1) is 16.2. The summed E-state index contributed by atoms with van der Waals surface area (Å²) in [6.45, 7) is 1.36. The van der Waals surface area contributed by atoms with Crippen LogP contribution in [0.15, 0.2) is 51.9 Å². The molecular formula is C21H24F2N3O7PS. The standard InChI is InChI=1S/C21H24F2N3O7PS/c1-13(20(27)26-21(24)25)10-14-11-17(22)19(18(23)12-14)33-15-4-6-16(7-5-15)35(31,32)9-3-2-8-34(28,29)30/h4-7,10-12H,2-3,8-9H2,1H3,(H2,28,29,30)(H4,24,25,26,27)/b13-10+. The van der Waals surface area contributed by atoms with E-state index in [-0.39, 0.29) is 40.4 Å². The molecule has 35 heavy (non-hydrogen) atoms. The molecule has 0 radical (unpaired) electrons. The monoisotopic (exact) mass is 531 g/mol. The predicted octanol–water partition coefficient (Wildman–Crippen LogP) is 2.69. The summed E-state index contributed by atoms with van der Waals surface area (Å²) in [6, 6.07) is 6.68. The van der Waals surface area contributed by atoms with Crippen LogP contribution in [0.5, 0.6) is 11.5 Å². The highest BCUT2D eigenvalue weighted by atomic mass is 32.2. The van der Waals surface area contributed by atoms with E-state index >= 15 is 0 Å². The zero-order valence-electron chi connectivity index (χ0n) is 18.5. The summed E-state index contributed by atoms with van der Waals surface area (Å²) in [4.78, 5) is 32.6. The number of carbonyl (C=O) groups is 1. The highest BCUT2D eigenvalue weighted by molar-refractivity contribution is 7.91. The molecule has 0 aliphatic rings. The number of guanidine groups is 1. The molecule has 0 unspecified atom stereocenters. The molecule has 0 saturated heterocycles. The van der Waals surface area contributed by atoms with Gasteiger partial charge in [-0.2, -0.15) is 4.99 Å². The minimum absolute atomic E-state index is 0.0178. The van der Waals surface area contributed by atoms with Crippen LogP contribution in [0, 0.1) is 11.6 Å². The number of nitrogens with zero attached hydrogens (tertiary/aromatic N) is 1. The van der Waals surface area contributed by atoms with Gasteiger partial charge in [-0.05, 0) is 67.8 Å². The largest absolute Gasteiger partial charge is 0.451 e. The average molecular weight is 531 g/mol. The minimum Gasteiger partial charge on any atom is -0.451 e. The maximum Gasteiger partial charge on any atom is 0.325 e. The van der Waals surface area contributed by atoms with Gasteiger partial charge >= 0.3 is 7.60 Å². The van der Waals surface area contributed by atoms with Crippen LogP contribution in [0.3, 0.4) is 0 Å². The normalized spacial score (nSPS) is 12.3. The van der Waals surface area contributed by atoms with Crippen LogP contribution in [-0.2, 0) is 19.2 Å². The number of hydrogen-bond donors (Lipinski definition) is 4. The van der Waals surface area contributed by atoms with E-state index in [4.69, 9.17) is 26.0 Å². The van der Waals surface area contributed by atoms with E-state index < -0.39 is 52.8 Å². The lowest BCUT2D eigenvalue weighted by Crippen LogP contribution is -2.24. The Kier molecular flexibility index (Phi) is 9.27. The molecule has 0 bridgehead atoms. The fourth-order valence-electron chi connectivity index (χ4n) is 2.84. The molecule has 0 heterocycles. The van der Waals surface area contributed by atoms with E-state index in [1.54, 1.807) is 0 Å². The van der Waals surface area contributed by atoms with Crippen molar-refractivity contribution in [2.75, 3.05) is 11.9 Å². The molecule has 1 amide bonds. The number of aliphatic imine (C=N–C) groups is 1. The molecule has 0 aromatic heterocycles. The molecule has 190 valence electrons. The number of sulfone groups is 1. The van der Waals surface area contributed by atoms with Gasteiger partial charge in [0.05, 0.1) is 10.6 Å². The van der Waals surface area contributed by atoms with Gasteiger partial charge in [0.15, 0.2) is 33.2 Å². The molecule has 0 atom stereocenters. The smallest absolute Gasteiger partial charge is 0.325 e. The van der Waals surface area contributed by atoms with Gasteiger partial charge in [0.2, 0.25) is 0 Å². The van der Waals surface area contributed by atoms with Gasteiger partial charge in [-0.25, -0.2) is 17.2 Å². The number of rotatable bonds is 10. The lowest BCUT2D eigenvalue weighted by Gasteiger charge is -2.10. The summed E-state index contributed by atoms with van der Waals surface area (Å²) in [7, 11) is -7.92. The number of amides is 1. The van der Waals surface area contributed by atoms with Crippen LogP contribution in [-0.4, -0.2) is 42.0 Å². The summed E-state index contributed by atoms with van der Waals surface area (Å²) < 4.78 is 69.8. The van der Waals surface area contributed by atoms with Gasteiger partial charge in [0.1, 0.15) is 5.75 Å². The van der Waals surface area contributed by atoms with E-state index in [0.29, 0.717) is 0 Å². The predicted molar refractivity (Wildman–Crippen MR) is 126 cm³/mol. The van der Waals surface area contributed by atoms with Crippen molar-refractivity contribution in [3.05, 3.63) is 59.2 Å². The molecule has 0 fully saturated rings. The van der Waals surface area contributed by atoms with Crippen LogP contribution in [0.25, 0.3) is 6.08 Å². The van der Waals surface area contributed by atoms with Crippen LogP contribution in [0.4, 0.5) is 8.78 Å². The Morgan fingerprint density at radius 2 is 1.69 bits per heavy atom. The van der Waals surface area contributed by atoms with Crippen LogP contribution < -0.4 is 16.2 Å². The van der Waals surface area contributed by atoms with Gasteiger partial charge in [-0.1, -0.05) is 0 Å². The fourth-order valence-corrected chi connectivity index (χ4v) is 4.84. The zero-order valence-corrected chi connectivity index (χ0v) is 20.2. The summed E-state index contributed by atoms with van der Waals surface area (Å²) in [5.41, 5.74) is 10.3. The third kappa shape index (κ3) is 8.87. The molecule has 2 aromatic rings. The molecule has 0 aliphatic heterocycles. The Morgan fingerprint density at radius 1 is 1.11 bits per heavy atom. The average Bonchev–Trinajstić information content (AvgIpc) is 2.73. The number of halogens is 2. The lowest BCUT2D eigenvalue weighted by atomic mass is 10.1. The molecule has 0 saturated carbocycles. The van der Waals surface area contributed by atoms with Crippen molar-refractivity contribution in [1.29, 1.82) is 0 Å². The van der Waals surface area contributed by atoms with Crippen molar-refractivity contribution in [2.45, 2.75) is 24.7 Å². The third-order valence-electron chi connectivity index (χ3n) is 4.49. The Labute approximate surface area is 200 Å². The SMILES string of the molecule is C/C(=C\c1cc(F)c(Oc2ccc(S(=O)(=O)CCCCP(=O)(O)O)cc2)c(F)c1)C(=O)N=C(N)N. The molecule has 6 N–H and O–H groups in total. The fraction of sp³-hybridized carbons (Fsp3) is 0.238. The number of carbonyl (C=O) groups excluding carboxylic acids is 1. The molecular weight excluding hydrogens is 507 g/mol. The van der Waals surface area contributed by atoms with Crippen molar-refractivity contribution in [2.24, 2.45) is 16.5 Å². The summed E-state index contributed by atoms with van der Waals surface area (Å²) >= 11 is 0. The Balaban J connectivity index is 2.13. The Bertz CT molecular complexity index is 1280. The molecule has 2 aromatic carbocycles. The molecule has 2 rings (SSSR count). The Hall–Kier alpha value is -3.12. The number of unbranched alkanes of at least 4 members (excludes halogenated alkanes) is 1. The molecule has 0 spiro atoms. The van der Waals surface area contributed by atoms with Crippen LogP contribution in [0.2, 0.25) is 0 Å². The molecule has 14 heteroatoms. The highest BCUT2D eigenvalue weighted by Crippen LogP contribution is 2.35. The third-order valence-corrected chi connectivity index (χ3v) is 7.20. The van der Waals surface area contributed by atoms with E-state index in [1.807, 2.05) is 0 Å². The van der Waals surface area contributed by atoms with Crippen molar-refractivity contribution in [3.8, 4) is 11.5 Å². The van der Waals surface area contributed by atoms with Gasteiger partial charge < -0.3 is 26.0 Å². The lowest BCUT2D eigenvalue weighted by molar-refractivity contribution is -0.114. The molecule has 0 aliphatic carbocycles. The van der Waals surface area contributed by atoms with E-state index in [1.165, 1.54) is 37.3 Å². The van der Waals surface area contributed by atoms with Crippen molar-refractivity contribution in [1.82, 2.24) is 0 Å². The topological polar surface area (TPSA) is 182 Å². The first kappa shape index (κ1) is 28.1. The van der Waals surface area contributed by atoms with E-state index in [0.717, 1.165) is 12.1 Å². The van der Waals surface area contributed by atoms with Crippen molar-refractivity contribution >= 4 is 35.4 Å². The molecule has 10 nitrogen and oxygen atoms in total. The van der Waals surface area contributed by atoms with Gasteiger partial charge in [0.25, 0.3) is 5.91 Å². The second-order valence-electron chi connectivity index (χ2n) is 7.47. The van der Waals surface area contributed by atoms with Crippen LogP contribution in [0.1, 0.15) is 25.3 Å². The Morgan fingerprint density at radius 3 is 2.20 bits per heavy atom. The quantitative estimate of drug-likeness (QED) is 0.118. The number of nitrogens with two attached hydrogens (primary N) is 2. The summed E-state index contributed by atoms with van der Waals surface area (Å²) in [6.07, 6.45) is 0.869. The van der Waals surface area contributed by atoms with E-state index in [2.05, 4.69) is 4.99 Å². The van der Waals surface area contributed by atoms with Gasteiger partial charge in [0, 0.05) is 11.7 Å². The zero-order chi connectivity index (χ0) is 26.4. The minimum atomic E-state index is -4.19. The van der Waals surface area contributed by atoms with Gasteiger partial charge in [-0.3, -0.25) is 9.36 Å². The van der Waals surface area contributed by atoms with Crippen molar-refractivity contribution in [3.63, 3.8) is 0 Å². The second kappa shape index (κ2) is 11.5. The van der Waals surface area contributed by atoms with Crippen molar-refractivity contribution < 1.29 is 41.1 Å². The first-order valence-electron chi connectivity index (χ1n) is 10.0. The number of benzene rings is 2.